The molecule has 250 valence electrons. The van der Waals surface area contributed by atoms with Gasteiger partial charge in [0.1, 0.15) is 28.8 Å². The number of benzene rings is 1. The highest BCUT2D eigenvalue weighted by Crippen LogP contribution is 2.66. The van der Waals surface area contributed by atoms with Gasteiger partial charge >= 0.3 is 6.09 Å². The molecule has 1 fully saturated rings. The molecule has 1 aliphatic heterocycles. The predicted octanol–water partition coefficient (Wildman–Crippen LogP) is 4.92. The number of aromatic nitrogens is 2. The molecule has 1 saturated carbocycles. The van der Waals surface area contributed by atoms with Crippen molar-refractivity contribution in [2.75, 3.05) is 26.5 Å². The number of rotatable bonds is 13. The zero-order chi connectivity index (χ0) is 34.4. The molecule has 1 aliphatic carbocycles. The second-order valence-corrected chi connectivity index (χ2v) is 19.5. The van der Waals surface area contributed by atoms with Crippen LogP contribution in [-0.2, 0) is 24.6 Å². The number of thioether (sulfide) groups is 1. The molecule has 15 heteroatoms. The van der Waals surface area contributed by atoms with Crippen molar-refractivity contribution in [3.05, 3.63) is 53.2 Å². The third-order valence-electron chi connectivity index (χ3n) is 7.56. The number of hydrogen-bond acceptors (Lipinski definition) is 10. The molecule has 4 rings (SSSR count). The van der Waals surface area contributed by atoms with Gasteiger partial charge in [-0.2, -0.15) is 0 Å². The quantitative estimate of drug-likeness (QED) is 0.130. The Hall–Kier alpha value is -4.13. The van der Waals surface area contributed by atoms with Gasteiger partial charge in [-0.25, -0.2) is 28.5 Å². The van der Waals surface area contributed by atoms with E-state index in [1.165, 1.54) is 37.5 Å². The molecule has 47 heavy (non-hydrogen) atoms. The Morgan fingerprint density at radius 2 is 1.98 bits per heavy atom. The summed E-state index contributed by atoms with van der Waals surface area (Å²) in [5, 5.41) is 4.97. The second kappa shape index (κ2) is 14.7. The Kier molecular flexibility index (Phi) is 11.2. The standard InChI is InChI=1S/C32H37F2N5O6SSi/c1-7-10-44-27-18-35-25(17-36-27)24(34)14-21-8-9-23(33)22(13-21)31(3)26-15-32(26,28(41)37-16-20(2)40)46-30(39-31)45-29(42)38-19-43-11-12-47(4,5)6/h1,8-9,13-14,17-18,26H,10-12,15-16,19H2,2-6H3,(H,37,41)(H,38,42)/b24-14-/t26-,31+,32-/m0/s1. The molecule has 2 aliphatic rings. The SMILES string of the molecule is C#CCOc1cnc(/C(F)=C/c2ccc(F)c([C@@]3(C)N=C(OC(=O)NCOCC[Si](C)(C)C)S[C@@]4(C(=O)NCC(C)=O)C[C@H]43)c2)cn1. The molecular formula is C32H37F2N5O6SSi. The third kappa shape index (κ3) is 9.02. The summed E-state index contributed by atoms with van der Waals surface area (Å²) in [4.78, 5) is 50.3. The fraction of sp³-hybridized carbons (Fsp3) is 0.438. The average molecular weight is 686 g/mol. The van der Waals surface area contributed by atoms with E-state index in [1.807, 2.05) is 0 Å². The van der Waals surface area contributed by atoms with Crippen molar-refractivity contribution in [2.45, 2.75) is 56.2 Å². The largest absolute Gasteiger partial charge is 0.463 e. The monoisotopic (exact) mass is 685 g/mol. The van der Waals surface area contributed by atoms with Crippen LogP contribution in [0.5, 0.6) is 5.88 Å². The van der Waals surface area contributed by atoms with E-state index in [0.29, 0.717) is 6.61 Å². The molecule has 0 saturated heterocycles. The molecule has 11 nitrogen and oxygen atoms in total. The van der Waals surface area contributed by atoms with E-state index in [2.05, 4.69) is 51.2 Å². The van der Waals surface area contributed by atoms with Gasteiger partial charge in [0.05, 0.1) is 24.5 Å². The summed E-state index contributed by atoms with van der Waals surface area (Å²) in [6.45, 7) is 9.76. The minimum Gasteiger partial charge on any atom is -0.463 e. The van der Waals surface area contributed by atoms with Crippen LogP contribution in [0, 0.1) is 24.1 Å². The molecule has 2 N–H and O–H groups in total. The van der Waals surface area contributed by atoms with Crippen LogP contribution in [0.4, 0.5) is 13.6 Å². The van der Waals surface area contributed by atoms with Crippen molar-refractivity contribution in [1.29, 1.82) is 0 Å². The Labute approximate surface area is 277 Å². The lowest BCUT2D eigenvalue weighted by Gasteiger charge is -2.34. The molecule has 1 aromatic heterocycles. The molecule has 2 amide bonds. The maximum absolute atomic E-state index is 15.6. The second-order valence-electron chi connectivity index (χ2n) is 12.6. The maximum Gasteiger partial charge on any atom is 0.416 e. The number of fused-ring (bicyclic) bond motifs is 1. The van der Waals surface area contributed by atoms with Gasteiger partial charge in [-0.15, -0.1) is 6.42 Å². The van der Waals surface area contributed by atoms with Crippen molar-refractivity contribution >= 4 is 54.8 Å². The number of terminal acetylenes is 1. The summed E-state index contributed by atoms with van der Waals surface area (Å²) in [6, 6.07) is 4.89. The minimum absolute atomic E-state index is 0.0181. The van der Waals surface area contributed by atoms with E-state index in [-0.39, 0.29) is 60.0 Å². The van der Waals surface area contributed by atoms with Gasteiger partial charge < -0.3 is 19.5 Å². The summed E-state index contributed by atoms with van der Waals surface area (Å²) in [5.74, 6) is -0.220. The molecule has 0 spiro atoms. The topological polar surface area (TPSA) is 141 Å². The summed E-state index contributed by atoms with van der Waals surface area (Å²) in [6.07, 6.45) is 8.12. The van der Waals surface area contributed by atoms with Crippen molar-refractivity contribution < 1.29 is 37.4 Å². The van der Waals surface area contributed by atoms with Gasteiger partial charge in [0.15, 0.2) is 12.4 Å². The Morgan fingerprint density at radius 1 is 1.21 bits per heavy atom. The van der Waals surface area contributed by atoms with Gasteiger partial charge in [0.25, 0.3) is 5.23 Å². The van der Waals surface area contributed by atoms with Crippen LogP contribution < -0.4 is 15.4 Å². The van der Waals surface area contributed by atoms with Crippen LogP contribution in [0.25, 0.3) is 11.9 Å². The fourth-order valence-electron chi connectivity index (χ4n) is 4.95. The first-order valence-corrected chi connectivity index (χ1v) is 19.3. The van der Waals surface area contributed by atoms with Gasteiger partial charge in [-0.1, -0.05) is 31.6 Å². The zero-order valence-electron chi connectivity index (χ0n) is 26.8. The van der Waals surface area contributed by atoms with Crippen LogP contribution in [0.15, 0.2) is 35.6 Å². The van der Waals surface area contributed by atoms with E-state index in [0.717, 1.165) is 23.9 Å². The molecule has 0 radical (unpaired) electrons. The summed E-state index contributed by atoms with van der Waals surface area (Å²) < 4.78 is 45.7. The molecule has 0 bridgehead atoms. The number of halogens is 2. The van der Waals surface area contributed by atoms with Crippen molar-refractivity contribution in [3.8, 4) is 18.2 Å². The summed E-state index contributed by atoms with van der Waals surface area (Å²) >= 11 is 0.942. The third-order valence-corrected chi connectivity index (χ3v) is 10.6. The number of aliphatic imine (C=N–C) groups is 1. The van der Waals surface area contributed by atoms with Gasteiger partial charge in [0.2, 0.25) is 11.8 Å². The number of carbonyl (C=O) groups excluding carboxylic acids is 3. The number of ketones is 1. The van der Waals surface area contributed by atoms with Crippen LogP contribution in [0.3, 0.4) is 0 Å². The van der Waals surface area contributed by atoms with Crippen molar-refractivity contribution in [1.82, 2.24) is 20.6 Å². The van der Waals surface area contributed by atoms with E-state index in [4.69, 9.17) is 20.6 Å². The van der Waals surface area contributed by atoms with Gasteiger partial charge in [0, 0.05) is 26.2 Å². The number of Topliss-reactive ketones (excluding diaryl/α,β-unsaturated/α-hetero) is 1. The Bertz CT molecular complexity index is 1630. The molecule has 2 heterocycles. The van der Waals surface area contributed by atoms with Crippen LogP contribution in [0.2, 0.25) is 25.7 Å². The molecule has 3 atom stereocenters. The van der Waals surface area contributed by atoms with Gasteiger partial charge in [-0.3, -0.25) is 14.9 Å². The van der Waals surface area contributed by atoms with E-state index in [1.54, 1.807) is 6.92 Å². The highest BCUT2D eigenvalue weighted by molar-refractivity contribution is 8.15. The zero-order valence-corrected chi connectivity index (χ0v) is 28.6. The number of nitrogens with one attached hydrogen (secondary N) is 2. The van der Waals surface area contributed by atoms with E-state index < -0.39 is 47.9 Å². The highest BCUT2D eigenvalue weighted by atomic mass is 32.2. The van der Waals surface area contributed by atoms with Crippen molar-refractivity contribution in [2.24, 2.45) is 10.9 Å². The summed E-state index contributed by atoms with van der Waals surface area (Å²) in [5.41, 5.74) is -1.14. The minimum atomic E-state index is -1.40. The van der Waals surface area contributed by atoms with Crippen LogP contribution in [0.1, 0.15) is 37.1 Å². The highest BCUT2D eigenvalue weighted by Gasteiger charge is 2.71. The molecular weight excluding hydrogens is 649 g/mol. The average Bonchev–Trinajstić information content (AvgIpc) is 3.76. The van der Waals surface area contributed by atoms with E-state index in [9.17, 15) is 14.4 Å². The van der Waals surface area contributed by atoms with Crippen molar-refractivity contribution in [3.63, 3.8) is 0 Å². The first-order valence-electron chi connectivity index (χ1n) is 14.8. The number of hydrogen-bond donors (Lipinski definition) is 2. The Balaban J connectivity index is 1.60. The number of alkyl carbamates (subject to hydrolysis) is 1. The molecule has 1 aromatic carbocycles. The smallest absolute Gasteiger partial charge is 0.416 e. The number of ether oxygens (including phenoxy) is 3. The lowest BCUT2D eigenvalue weighted by Crippen LogP contribution is -2.45. The van der Waals surface area contributed by atoms with Crippen LogP contribution in [-0.4, -0.2) is 72.3 Å². The van der Waals surface area contributed by atoms with E-state index >= 15 is 8.78 Å². The van der Waals surface area contributed by atoms with Crippen LogP contribution >= 0.6 is 11.8 Å². The number of nitrogens with zero attached hydrogens (tertiary/aromatic N) is 3. The first kappa shape index (κ1) is 35.7. The Morgan fingerprint density at radius 3 is 2.64 bits per heavy atom. The fourth-order valence-corrected chi connectivity index (χ4v) is 7.15. The number of amides is 2. The number of carbonyl (C=O) groups is 3. The molecule has 0 unspecified atom stereocenters. The van der Waals surface area contributed by atoms with Gasteiger partial charge in [-0.05, 0) is 61.8 Å². The maximum atomic E-state index is 15.6. The predicted molar refractivity (Wildman–Crippen MR) is 177 cm³/mol. The molecule has 2 aromatic rings. The lowest BCUT2D eigenvalue weighted by molar-refractivity contribution is -0.124. The lowest BCUT2D eigenvalue weighted by atomic mass is 9.84. The summed E-state index contributed by atoms with van der Waals surface area (Å²) in [7, 11) is -1.32. The first-order chi connectivity index (χ1) is 22.2. The normalized spacial score (nSPS) is 21.9.